The first-order valence-corrected chi connectivity index (χ1v) is 8.36. The maximum Gasteiger partial charge on any atom is 0.00685 e. The van der Waals surface area contributed by atoms with Gasteiger partial charge in [0.15, 0.2) is 0 Å². The number of nitrogens with zero attached hydrogens (tertiary/aromatic N) is 1. The maximum atomic E-state index is 3.68. The molecule has 1 heterocycles. The molecule has 2 rings (SSSR count). The van der Waals surface area contributed by atoms with Crippen LogP contribution in [0.15, 0.2) is 0 Å². The lowest BCUT2D eigenvalue weighted by atomic mass is 9.91. The highest BCUT2D eigenvalue weighted by Crippen LogP contribution is 2.25. The molecule has 2 fully saturated rings. The lowest BCUT2D eigenvalue weighted by Gasteiger charge is -2.37. The summed E-state index contributed by atoms with van der Waals surface area (Å²) >= 11 is 2.05. The average Bonchev–Trinajstić information content (AvgIpc) is 3.11. The van der Waals surface area contributed by atoms with Gasteiger partial charge >= 0.3 is 0 Å². The smallest absolute Gasteiger partial charge is 0.00685 e. The Hall–Kier alpha value is 0.270. The van der Waals surface area contributed by atoms with Crippen molar-refractivity contribution in [1.82, 2.24) is 10.2 Å². The zero-order valence-electron chi connectivity index (χ0n) is 11.7. The Labute approximate surface area is 111 Å². The summed E-state index contributed by atoms with van der Waals surface area (Å²) < 4.78 is 0. The van der Waals surface area contributed by atoms with Crippen LogP contribution >= 0.6 is 11.8 Å². The summed E-state index contributed by atoms with van der Waals surface area (Å²) in [7, 11) is 0. The summed E-state index contributed by atoms with van der Waals surface area (Å²) in [6.45, 7) is 9.86. The quantitative estimate of drug-likeness (QED) is 0.786. The van der Waals surface area contributed by atoms with Crippen molar-refractivity contribution in [2.75, 3.05) is 32.4 Å². The first-order chi connectivity index (χ1) is 8.09. The number of hydrogen-bond donors (Lipinski definition) is 1. The van der Waals surface area contributed by atoms with Crippen molar-refractivity contribution in [3.05, 3.63) is 0 Å². The molecule has 1 N–H and O–H groups in total. The van der Waals surface area contributed by atoms with E-state index in [1.807, 2.05) is 11.8 Å². The van der Waals surface area contributed by atoms with E-state index in [0.29, 0.717) is 5.41 Å². The Morgan fingerprint density at radius 2 is 1.82 bits per heavy atom. The molecule has 100 valence electrons. The Kier molecular flexibility index (Phi) is 4.79. The van der Waals surface area contributed by atoms with Gasteiger partial charge in [-0.25, -0.2) is 0 Å². The fourth-order valence-electron chi connectivity index (χ4n) is 2.67. The van der Waals surface area contributed by atoms with E-state index in [9.17, 15) is 0 Å². The first-order valence-electron chi connectivity index (χ1n) is 7.07. The van der Waals surface area contributed by atoms with E-state index in [2.05, 4.69) is 30.3 Å². The standard InChI is InChI=1S/C14H28N2S/c1-14(2,10-15-12-4-5-12)11-16-8-6-13(17-3)7-9-16/h12-13,15H,4-11H2,1-3H3. The molecule has 0 unspecified atom stereocenters. The second kappa shape index (κ2) is 5.94. The van der Waals surface area contributed by atoms with Gasteiger partial charge in [0.25, 0.3) is 0 Å². The van der Waals surface area contributed by atoms with Gasteiger partial charge in [-0.2, -0.15) is 11.8 Å². The molecule has 0 atom stereocenters. The fraction of sp³-hybridized carbons (Fsp3) is 1.00. The van der Waals surface area contributed by atoms with Crippen molar-refractivity contribution < 1.29 is 0 Å². The van der Waals surface area contributed by atoms with E-state index in [1.54, 1.807) is 0 Å². The molecule has 0 amide bonds. The van der Waals surface area contributed by atoms with Gasteiger partial charge in [-0.3, -0.25) is 0 Å². The van der Waals surface area contributed by atoms with Gasteiger partial charge in [0.05, 0.1) is 0 Å². The number of rotatable bonds is 6. The van der Waals surface area contributed by atoms with Crippen LogP contribution in [0.1, 0.15) is 39.5 Å². The number of hydrogen-bond acceptors (Lipinski definition) is 3. The van der Waals surface area contributed by atoms with Crippen molar-refractivity contribution in [2.24, 2.45) is 5.41 Å². The molecule has 1 aliphatic heterocycles. The zero-order valence-corrected chi connectivity index (χ0v) is 12.5. The maximum absolute atomic E-state index is 3.68. The van der Waals surface area contributed by atoms with Crippen LogP contribution < -0.4 is 5.32 Å². The summed E-state index contributed by atoms with van der Waals surface area (Å²) in [5.74, 6) is 0. The van der Waals surface area contributed by atoms with E-state index in [0.717, 1.165) is 11.3 Å². The minimum Gasteiger partial charge on any atom is -0.313 e. The second-order valence-electron chi connectivity index (χ2n) is 6.53. The monoisotopic (exact) mass is 256 g/mol. The molecule has 0 spiro atoms. The van der Waals surface area contributed by atoms with Gasteiger partial charge in [-0.15, -0.1) is 0 Å². The third-order valence-corrected chi connectivity index (χ3v) is 5.10. The topological polar surface area (TPSA) is 15.3 Å². The highest BCUT2D eigenvalue weighted by Gasteiger charge is 2.28. The molecule has 0 aromatic carbocycles. The Morgan fingerprint density at radius 1 is 1.18 bits per heavy atom. The summed E-state index contributed by atoms with van der Waals surface area (Å²) in [5.41, 5.74) is 0.425. The number of likely N-dealkylation sites (tertiary alicyclic amines) is 1. The summed E-state index contributed by atoms with van der Waals surface area (Å²) in [4.78, 5) is 2.67. The van der Waals surface area contributed by atoms with Crippen molar-refractivity contribution in [3.63, 3.8) is 0 Å². The number of piperidine rings is 1. The largest absolute Gasteiger partial charge is 0.313 e. The van der Waals surface area contributed by atoms with Gasteiger partial charge in [-0.1, -0.05) is 13.8 Å². The van der Waals surface area contributed by atoms with E-state index in [1.165, 1.54) is 51.9 Å². The average molecular weight is 256 g/mol. The van der Waals surface area contributed by atoms with Crippen LogP contribution in [0.3, 0.4) is 0 Å². The van der Waals surface area contributed by atoms with Crippen LogP contribution in [0.25, 0.3) is 0 Å². The SMILES string of the molecule is CSC1CCN(CC(C)(C)CNC2CC2)CC1. The van der Waals surface area contributed by atoms with Crippen LogP contribution in [0, 0.1) is 5.41 Å². The predicted molar refractivity (Wildman–Crippen MR) is 77.8 cm³/mol. The molecule has 0 aromatic heterocycles. The van der Waals surface area contributed by atoms with Gasteiger partial charge in [-0.05, 0) is 50.4 Å². The minimum atomic E-state index is 0.425. The van der Waals surface area contributed by atoms with Crippen LogP contribution in [-0.2, 0) is 0 Å². The summed E-state index contributed by atoms with van der Waals surface area (Å²) in [6.07, 6.45) is 7.81. The van der Waals surface area contributed by atoms with Crippen LogP contribution in [0.4, 0.5) is 0 Å². The number of thioether (sulfide) groups is 1. The predicted octanol–water partition coefficient (Wildman–Crippen LogP) is 2.59. The summed E-state index contributed by atoms with van der Waals surface area (Å²) in [6, 6.07) is 0.844. The molecular weight excluding hydrogens is 228 g/mol. The summed E-state index contributed by atoms with van der Waals surface area (Å²) in [5, 5.41) is 4.59. The molecular formula is C14H28N2S. The second-order valence-corrected chi connectivity index (χ2v) is 7.67. The Balaban J connectivity index is 1.67. The normalized spacial score (nSPS) is 24.2. The van der Waals surface area contributed by atoms with E-state index in [-0.39, 0.29) is 0 Å². The van der Waals surface area contributed by atoms with Crippen LogP contribution in [0.5, 0.6) is 0 Å². The van der Waals surface area contributed by atoms with E-state index < -0.39 is 0 Å². The van der Waals surface area contributed by atoms with Gasteiger partial charge in [0.1, 0.15) is 0 Å². The molecule has 0 radical (unpaired) electrons. The van der Waals surface area contributed by atoms with E-state index in [4.69, 9.17) is 0 Å². The minimum absolute atomic E-state index is 0.425. The third kappa shape index (κ3) is 4.80. The van der Waals surface area contributed by atoms with Crippen LogP contribution in [0.2, 0.25) is 0 Å². The lowest BCUT2D eigenvalue weighted by molar-refractivity contribution is 0.152. The van der Waals surface area contributed by atoms with E-state index >= 15 is 0 Å². The zero-order chi connectivity index (χ0) is 12.3. The molecule has 3 heteroatoms. The van der Waals surface area contributed by atoms with Gasteiger partial charge in [0, 0.05) is 24.4 Å². The molecule has 1 saturated heterocycles. The molecule has 2 aliphatic rings. The highest BCUT2D eigenvalue weighted by molar-refractivity contribution is 7.99. The fourth-order valence-corrected chi connectivity index (χ4v) is 3.35. The third-order valence-electron chi connectivity index (χ3n) is 3.97. The van der Waals surface area contributed by atoms with Crippen molar-refractivity contribution in [2.45, 2.75) is 50.8 Å². The molecule has 2 nitrogen and oxygen atoms in total. The lowest BCUT2D eigenvalue weighted by Crippen LogP contribution is -2.44. The highest BCUT2D eigenvalue weighted by atomic mass is 32.2. The Bertz CT molecular complexity index is 230. The van der Waals surface area contributed by atoms with Crippen molar-refractivity contribution in [3.8, 4) is 0 Å². The van der Waals surface area contributed by atoms with Crippen LogP contribution in [-0.4, -0.2) is 48.6 Å². The van der Waals surface area contributed by atoms with Gasteiger partial charge < -0.3 is 10.2 Å². The molecule has 0 bridgehead atoms. The van der Waals surface area contributed by atoms with Crippen molar-refractivity contribution >= 4 is 11.8 Å². The molecule has 1 aliphatic carbocycles. The van der Waals surface area contributed by atoms with Crippen molar-refractivity contribution in [1.29, 1.82) is 0 Å². The Morgan fingerprint density at radius 3 is 2.35 bits per heavy atom. The molecule has 1 saturated carbocycles. The first kappa shape index (κ1) is 13.7. The molecule has 17 heavy (non-hydrogen) atoms. The number of nitrogens with one attached hydrogen (secondary N) is 1. The molecule has 0 aromatic rings. The van der Waals surface area contributed by atoms with Gasteiger partial charge in [0.2, 0.25) is 0 Å².